The summed E-state index contributed by atoms with van der Waals surface area (Å²) in [5, 5.41) is -0.149. The number of hydrogen-bond acceptors (Lipinski definition) is 5. The summed E-state index contributed by atoms with van der Waals surface area (Å²) >= 11 is 0. The van der Waals surface area contributed by atoms with Crippen molar-refractivity contribution < 1.29 is 36.2 Å². The van der Waals surface area contributed by atoms with Crippen molar-refractivity contribution in [3.8, 4) is 0 Å². The number of nitrogens with one attached hydrogen (secondary N) is 1. The van der Waals surface area contributed by atoms with E-state index in [-0.39, 0.29) is 33.4 Å². The Hall–Kier alpha value is -3.38. The molecule has 7 nitrogen and oxygen atoms in total. The fraction of sp³-hybridized carbons (Fsp3) is 0.348. The molecule has 3 aromatic rings. The van der Waals surface area contributed by atoms with E-state index in [4.69, 9.17) is 15.2 Å². The molecule has 1 amide bonds. The minimum absolute atomic E-state index is 0.0159. The van der Waals surface area contributed by atoms with Gasteiger partial charge in [-0.3, -0.25) is 14.6 Å². The number of carbonyl (C=O) groups is 1. The second-order valence-corrected chi connectivity index (χ2v) is 8.44. The molecule has 3 N–H and O–H groups in total. The molecule has 0 saturated carbocycles. The molecule has 35 heavy (non-hydrogen) atoms. The predicted molar refractivity (Wildman–Crippen MR) is 114 cm³/mol. The zero-order valence-corrected chi connectivity index (χ0v) is 18.7. The zero-order chi connectivity index (χ0) is 25.9. The van der Waals surface area contributed by atoms with E-state index in [0.29, 0.717) is 0 Å². The number of rotatable bonds is 4. The maximum atomic E-state index is 14.4. The van der Waals surface area contributed by atoms with Gasteiger partial charge in [0, 0.05) is 31.0 Å². The molecule has 4 atom stereocenters. The second-order valence-electron chi connectivity index (χ2n) is 8.44. The number of fused-ring (bicyclic) bond motifs is 1. The molecule has 2 aromatic heterocycles. The van der Waals surface area contributed by atoms with Gasteiger partial charge in [0.2, 0.25) is 0 Å². The highest BCUT2D eigenvalue weighted by molar-refractivity contribution is 6.03. The number of primary amides is 1. The molecule has 1 aliphatic heterocycles. The van der Waals surface area contributed by atoms with E-state index in [2.05, 4.69) is 9.97 Å². The molecule has 0 aliphatic carbocycles. The van der Waals surface area contributed by atoms with Crippen molar-refractivity contribution in [3.63, 3.8) is 0 Å². The molecule has 12 heteroatoms. The van der Waals surface area contributed by atoms with Gasteiger partial charge in [-0.05, 0) is 37.1 Å². The number of methoxy groups -OCH3 is 1. The number of ether oxygens (including phenoxy) is 2. The average Bonchev–Trinajstić information content (AvgIpc) is 3.10. The number of aromatic amines is 1. The number of carbonyl (C=O) groups excluding carboxylic acids is 1. The van der Waals surface area contributed by atoms with Crippen molar-refractivity contribution in [1.82, 2.24) is 9.97 Å². The number of aromatic nitrogens is 2. The van der Waals surface area contributed by atoms with E-state index in [1.807, 2.05) is 0 Å². The fourth-order valence-electron chi connectivity index (χ4n) is 4.68. The molecule has 4 rings (SSSR count). The van der Waals surface area contributed by atoms with Crippen molar-refractivity contribution in [2.45, 2.75) is 43.8 Å². The number of benzene rings is 1. The first-order valence-electron chi connectivity index (χ1n) is 10.4. The number of H-pyrrole nitrogens is 1. The highest BCUT2D eigenvalue weighted by Gasteiger charge is 2.67. The number of halogens is 5. The van der Waals surface area contributed by atoms with Crippen LogP contribution in [0.2, 0.25) is 0 Å². The van der Waals surface area contributed by atoms with Crippen LogP contribution in [0, 0.1) is 18.6 Å². The van der Waals surface area contributed by atoms with Gasteiger partial charge in [-0.1, -0.05) is 6.07 Å². The molecular weight excluding hydrogens is 477 g/mol. The fourth-order valence-corrected chi connectivity index (χ4v) is 4.68. The number of alkyl halides is 3. The van der Waals surface area contributed by atoms with Gasteiger partial charge in [0.25, 0.3) is 5.91 Å². The maximum Gasteiger partial charge on any atom is 0.419 e. The summed E-state index contributed by atoms with van der Waals surface area (Å²) in [5.74, 6) is -4.65. The Morgan fingerprint density at radius 3 is 2.54 bits per heavy atom. The van der Waals surface area contributed by atoms with E-state index < -0.39 is 52.9 Å². The average molecular weight is 497 g/mol. The van der Waals surface area contributed by atoms with Crippen LogP contribution < -0.4 is 11.2 Å². The molecule has 0 bridgehead atoms. The molecule has 0 radical (unpaired) electrons. The predicted octanol–water partition coefficient (Wildman–Crippen LogP) is 3.80. The lowest BCUT2D eigenvalue weighted by Gasteiger charge is -2.33. The topological polar surface area (TPSA) is 107 Å². The van der Waals surface area contributed by atoms with Crippen LogP contribution in [0.25, 0.3) is 10.9 Å². The highest BCUT2D eigenvalue weighted by Crippen LogP contribution is 2.56. The first-order chi connectivity index (χ1) is 16.3. The van der Waals surface area contributed by atoms with Crippen molar-refractivity contribution in [2.75, 3.05) is 7.11 Å². The molecule has 1 saturated heterocycles. The number of pyridine rings is 2. The number of hydrogen-bond donors (Lipinski definition) is 2. The molecule has 186 valence electrons. The normalized spacial score (nSPS) is 24.7. The SMILES string of the molecule is CO[C@H]1[C@@H](c2ccc(F)c(F)c2C)[C@H](c2cc(=O)c3c(C(N)=O)nccc3[nH]2)O[C@@]1(C)C(F)(F)F. The van der Waals surface area contributed by atoms with Crippen LogP contribution in [-0.2, 0) is 9.47 Å². The largest absolute Gasteiger partial charge is 0.419 e. The van der Waals surface area contributed by atoms with Crippen LogP contribution in [-0.4, -0.2) is 40.9 Å². The maximum absolute atomic E-state index is 14.4. The molecule has 3 heterocycles. The second kappa shape index (κ2) is 8.38. The Balaban J connectivity index is 1.99. The van der Waals surface area contributed by atoms with Gasteiger partial charge in [-0.25, -0.2) is 8.78 Å². The Morgan fingerprint density at radius 1 is 1.26 bits per heavy atom. The van der Waals surface area contributed by atoms with E-state index in [1.54, 1.807) is 0 Å². The quantitative estimate of drug-likeness (QED) is 0.534. The summed E-state index contributed by atoms with van der Waals surface area (Å²) in [6.07, 6.45) is -6.90. The lowest BCUT2D eigenvalue weighted by molar-refractivity contribution is -0.286. The molecule has 1 fully saturated rings. The van der Waals surface area contributed by atoms with Gasteiger partial charge in [-0.2, -0.15) is 13.2 Å². The molecule has 0 spiro atoms. The summed E-state index contributed by atoms with van der Waals surface area (Å²) in [6, 6.07) is 4.28. The molecule has 1 aromatic carbocycles. The highest BCUT2D eigenvalue weighted by atomic mass is 19.4. The smallest absolute Gasteiger partial charge is 0.377 e. The van der Waals surface area contributed by atoms with Crippen LogP contribution in [0.1, 0.15) is 46.3 Å². The monoisotopic (exact) mass is 497 g/mol. The summed E-state index contributed by atoms with van der Waals surface area (Å²) in [7, 11) is 1.05. The van der Waals surface area contributed by atoms with Gasteiger partial charge in [0.1, 0.15) is 17.9 Å². The van der Waals surface area contributed by atoms with Gasteiger partial charge in [0.15, 0.2) is 22.7 Å². The minimum Gasteiger partial charge on any atom is -0.377 e. The number of nitrogens with two attached hydrogens (primary N) is 1. The number of amides is 1. The third-order valence-corrected chi connectivity index (χ3v) is 6.43. The van der Waals surface area contributed by atoms with E-state index in [0.717, 1.165) is 32.2 Å². The van der Waals surface area contributed by atoms with Gasteiger partial charge in [0.05, 0.1) is 10.9 Å². The lowest BCUT2D eigenvalue weighted by Crippen LogP contribution is -2.51. The molecule has 1 aliphatic rings. The first-order valence-corrected chi connectivity index (χ1v) is 10.4. The standard InChI is InChI=1S/C23H20F5N3O4/c1-9-10(4-5-11(24)17(9)25)15-19(35-22(2,20(15)34-3)23(26,27)28)13-8-14(32)16-12(31-13)6-7-30-18(16)21(29)33/h4-8,15,19-20H,1-3H3,(H2,29,33)(H,31,32)/t15-,19-,20-,22+/m0/s1. The van der Waals surface area contributed by atoms with Gasteiger partial charge >= 0.3 is 6.18 Å². The Bertz CT molecular complexity index is 1390. The molecule has 0 unspecified atom stereocenters. The van der Waals surface area contributed by atoms with Crippen molar-refractivity contribution in [3.05, 3.63) is 74.8 Å². The summed E-state index contributed by atoms with van der Waals surface area (Å²) in [4.78, 5) is 31.2. The Labute approximate surface area is 195 Å². The van der Waals surface area contributed by atoms with Gasteiger partial charge in [-0.15, -0.1) is 0 Å². The van der Waals surface area contributed by atoms with Crippen LogP contribution in [0.4, 0.5) is 22.0 Å². The Morgan fingerprint density at radius 2 is 1.94 bits per heavy atom. The summed E-state index contributed by atoms with van der Waals surface area (Å²) in [5.41, 5.74) is 1.15. The third kappa shape index (κ3) is 3.76. The van der Waals surface area contributed by atoms with Crippen molar-refractivity contribution in [1.29, 1.82) is 0 Å². The first kappa shape index (κ1) is 24.7. The zero-order valence-electron chi connectivity index (χ0n) is 18.7. The van der Waals surface area contributed by atoms with Crippen molar-refractivity contribution >= 4 is 16.8 Å². The number of nitrogens with zero attached hydrogens (tertiary/aromatic N) is 1. The lowest BCUT2D eigenvalue weighted by atomic mass is 9.81. The van der Waals surface area contributed by atoms with E-state index in [9.17, 15) is 31.5 Å². The van der Waals surface area contributed by atoms with Gasteiger partial charge < -0.3 is 20.2 Å². The van der Waals surface area contributed by atoms with Crippen LogP contribution in [0.3, 0.4) is 0 Å². The van der Waals surface area contributed by atoms with E-state index >= 15 is 0 Å². The van der Waals surface area contributed by atoms with Crippen LogP contribution in [0.15, 0.2) is 35.3 Å². The van der Waals surface area contributed by atoms with E-state index in [1.165, 1.54) is 19.2 Å². The summed E-state index contributed by atoms with van der Waals surface area (Å²) in [6.45, 7) is 2.02. The van der Waals surface area contributed by atoms with Crippen LogP contribution >= 0.6 is 0 Å². The molecular formula is C23H20F5N3O4. The minimum atomic E-state index is -4.92. The summed E-state index contributed by atoms with van der Waals surface area (Å²) < 4.78 is 81.6. The Kier molecular flexibility index (Phi) is 5.92. The van der Waals surface area contributed by atoms with Crippen molar-refractivity contribution in [2.24, 2.45) is 5.73 Å². The third-order valence-electron chi connectivity index (χ3n) is 6.43. The van der Waals surface area contributed by atoms with Crippen LogP contribution in [0.5, 0.6) is 0 Å².